The van der Waals surface area contributed by atoms with Crippen LogP contribution in [-0.4, -0.2) is 46.1 Å². The fourth-order valence-electron chi connectivity index (χ4n) is 10.6. The summed E-state index contributed by atoms with van der Waals surface area (Å²) in [6.07, 6.45) is -0.871. The Hall–Kier alpha value is -9.41. The van der Waals surface area contributed by atoms with Crippen molar-refractivity contribution in [2.75, 3.05) is 20.4 Å². The number of aliphatic hydroxyl groups excluding tert-OH is 1. The maximum Gasteiger partial charge on any atom is 0.269 e. The minimum absolute atomic E-state index is 0.124. The molecule has 4 aliphatic heterocycles. The number of Topliss-reactive ketones (excluding diaryl/α,β-unsaturated/α-hetero) is 3. The number of hydrogen-bond acceptors (Lipinski definition) is 10. The van der Waals surface area contributed by atoms with Crippen molar-refractivity contribution in [1.29, 1.82) is 0 Å². The molecule has 0 saturated heterocycles. The Morgan fingerprint density at radius 2 is 0.711 bits per heavy atom. The van der Waals surface area contributed by atoms with Crippen LogP contribution >= 0.6 is 23.2 Å². The summed E-state index contributed by atoms with van der Waals surface area (Å²) in [5, 5.41) is 14.5. The van der Waals surface area contributed by atoms with Gasteiger partial charge < -0.3 is 15.7 Å². The smallest absolute Gasteiger partial charge is 0.269 e. The number of ketones is 3. The molecule has 1 atom stereocenters. The Morgan fingerprint density at radius 3 is 1.08 bits per heavy atom. The van der Waals surface area contributed by atoms with E-state index in [-0.39, 0.29) is 9.80 Å². The van der Waals surface area contributed by atoms with E-state index in [2.05, 4.69) is 10.6 Å². The molecule has 6 aromatic rings. The summed E-state index contributed by atoms with van der Waals surface area (Å²) in [5.41, 5.74) is -22.8. The zero-order chi connectivity index (χ0) is 60.1. The molecule has 2 aliphatic carbocycles. The van der Waals surface area contributed by atoms with Crippen molar-refractivity contribution in [2.45, 2.75) is 12.5 Å². The summed E-state index contributed by atoms with van der Waals surface area (Å²) in [7, 11) is 0. The van der Waals surface area contributed by atoms with E-state index in [1.165, 1.54) is 0 Å². The van der Waals surface area contributed by atoms with Crippen LogP contribution in [-0.2, 0) is 6.42 Å². The standard InChI is InChI=1S/C53H12Cl2F16N4O8/c54-12-6-8(44(74-50(80)22-23(51(74)81)31(61)39(69)38(68)30(22)60)10-1-3-14(72-42(10)12)16-46(76)18-19(47(16)77)27(57)35(65)34(64)26(18)56)5-9-7-13(55)43-11(45(9)75-52(82)24-25(53(75)83)33(63)41(71)40(70)32(24)62)2-4-15(73-43)17-48(78)20-21(49(17)79)29(59)37(67)36(66)28(20)58/h1-4,6-7,46,72-73,76H,5H2/b16-14-. The number of benzene rings is 6. The van der Waals surface area contributed by atoms with Crippen molar-refractivity contribution in [3.05, 3.63) is 217 Å². The molecule has 418 valence electrons. The molecule has 4 heterocycles. The van der Waals surface area contributed by atoms with E-state index >= 15 is 26.3 Å². The van der Waals surface area contributed by atoms with Crippen LogP contribution in [0.1, 0.15) is 106 Å². The third kappa shape index (κ3) is 6.92. The molecule has 6 aromatic carbocycles. The third-order valence-electron chi connectivity index (χ3n) is 14.2. The van der Waals surface area contributed by atoms with Crippen LogP contribution in [0.5, 0.6) is 0 Å². The van der Waals surface area contributed by atoms with Crippen molar-refractivity contribution in [2.24, 2.45) is 0 Å². The van der Waals surface area contributed by atoms with Gasteiger partial charge in [0.1, 0.15) is 6.10 Å². The van der Waals surface area contributed by atoms with Gasteiger partial charge in [0.25, 0.3) is 23.6 Å². The van der Waals surface area contributed by atoms with Gasteiger partial charge in [-0.25, -0.2) is 80.0 Å². The van der Waals surface area contributed by atoms with Gasteiger partial charge in [0.05, 0.1) is 88.6 Å². The predicted molar refractivity (Wildman–Crippen MR) is 250 cm³/mol. The van der Waals surface area contributed by atoms with Gasteiger partial charge in [0.15, 0.2) is 98.9 Å². The first-order chi connectivity index (χ1) is 39.1. The Labute approximate surface area is 456 Å². The highest BCUT2D eigenvalue weighted by molar-refractivity contribution is 6.42. The first-order valence-electron chi connectivity index (χ1n) is 22.7. The van der Waals surface area contributed by atoms with E-state index in [1.807, 2.05) is 0 Å². The van der Waals surface area contributed by atoms with E-state index < -0.39 is 269 Å². The van der Waals surface area contributed by atoms with Gasteiger partial charge in [0.2, 0.25) is 11.6 Å². The molecule has 0 saturated carbocycles. The lowest BCUT2D eigenvalue weighted by Crippen LogP contribution is -2.33. The van der Waals surface area contributed by atoms with Crippen LogP contribution in [0.15, 0.2) is 46.8 Å². The SMILES string of the molecule is O=C1C(=C2C=Cc3c(c(Cl)cc(Cc4cc(Cl)c5c(c4N4C(=O)c6c(F)c(F)c(F)c(F)c6C4=O)C=C/C(=C4/C(=O)c6c(F)c(F)c(F)c(F)c6C4O)N5)c3N3C(=O)c4c(F)c(F)c(F)c(F)c4C3=O)N2)C(=O)c2c(F)c(F)c(F)c(F)c21. The minimum Gasteiger partial charge on any atom is -0.383 e. The highest BCUT2D eigenvalue weighted by atomic mass is 35.5. The predicted octanol–water partition coefficient (Wildman–Crippen LogP) is 11.8. The lowest BCUT2D eigenvalue weighted by Gasteiger charge is -2.30. The maximum atomic E-state index is 15.6. The van der Waals surface area contributed by atoms with Crippen LogP contribution < -0.4 is 20.4 Å². The lowest BCUT2D eigenvalue weighted by molar-refractivity contribution is 0.0908. The number of nitrogens with zero attached hydrogens (tertiary/aromatic N) is 2. The maximum absolute atomic E-state index is 15.6. The molecule has 6 aliphatic rings. The molecule has 0 fully saturated rings. The second-order valence-corrected chi connectivity index (χ2v) is 19.2. The van der Waals surface area contributed by atoms with Crippen molar-refractivity contribution >= 4 is 99.1 Å². The van der Waals surface area contributed by atoms with Gasteiger partial charge in [-0.2, -0.15) is 0 Å². The van der Waals surface area contributed by atoms with Crippen LogP contribution in [0.4, 0.5) is 93.0 Å². The molecule has 0 bridgehead atoms. The number of imide groups is 2. The van der Waals surface area contributed by atoms with E-state index in [1.54, 1.807) is 0 Å². The average molecular weight is 1210 g/mol. The number of rotatable bonds is 4. The number of fused-ring (bicyclic) bond motifs is 6. The zero-order valence-corrected chi connectivity index (χ0v) is 40.8. The summed E-state index contributed by atoms with van der Waals surface area (Å²) in [4.78, 5) is 97.6. The van der Waals surface area contributed by atoms with Crippen LogP contribution in [0.25, 0.3) is 12.2 Å². The quantitative estimate of drug-likeness (QED) is 0.0385. The van der Waals surface area contributed by atoms with Crippen molar-refractivity contribution in [1.82, 2.24) is 0 Å². The van der Waals surface area contributed by atoms with Crippen LogP contribution in [0.3, 0.4) is 0 Å². The number of carbonyl (C=O) groups is 7. The molecule has 0 spiro atoms. The number of nitrogens with one attached hydrogen (secondary N) is 2. The molecule has 12 rings (SSSR count). The third-order valence-corrected chi connectivity index (χ3v) is 14.8. The second-order valence-electron chi connectivity index (χ2n) is 18.4. The molecule has 12 nitrogen and oxygen atoms in total. The minimum atomic E-state index is -2.61. The van der Waals surface area contributed by atoms with E-state index in [0.29, 0.717) is 12.1 Å². The van der Waals surface area contributed by atoms with Gasteiger partial charge in [-0.15, -0.1) is 0 Å². The topological polar surface area (TPSA) is 170 Å². The van der Waals surface area contributed by atoms with Gasteiger partial charge in [-0.05, 0) is 47.6 Å². The number of amides is 4. The Balaban J connectivity index is 1.08. The zero-order valence-electron chi connectivity index (χ0n) is 39.3. The normalized spacial score (nSPS) is 17.5. The molecule has 83 heavy (non-hydrogen) atoms. The molecule has 4 amide bonds. The fourth-order valence-corrected chi connectivity index (χ4v) is 11.1. The molecule has 1 unspecified atom stereocenters. The molecular weight excluding hydrogens is 1200 g/mol. The van der Waals surface area contributed by atoms with E-state index in [0.717, 1.165) is 24.3 Å². The van der Waals surface area contributed by atoms with Crippen LogP contribution in [0.2, 0.25) is 10.0 Å². The second kappa shape index (κ2) is 18.0. The number of anilines is 4. The Bertz CT molecular complexity index is 4400. The first kappa shape index (κ1) is 54.2. The van der Waals surface area contributed by atoms with Crippen molar-refractivity contribution in [3.63, 3.8) is 0 Å². The highest BCUT2D eigenvalue weighted by Gasteiger charge is 2.51. The number of halogens is 18. The number of carbonyl (C=O) groups excluding carboxylic acids is 7. The highest BCUT2D eigenvalue weighted by Crippen LogP contribution is 2.52. The molecule has 0 radical (unpaired) electrons. The lowest BCUT2D eigenvalue weighted by atomic mass is 9.91. The summed E-state index contributed by atoms with van der Waals surface area (Å²) in [6.45, 7) is 0. The van der Waals surface area contributed by atoms with Gasteiger partial charge in [-0.3, -0.25) is 33.6 Å². The number of aliphatic hydroxyl groups is 1. The largest absolute Gasteiger partial charge is 0.383 e. The summed E-state index contributed by atoms with van der Waals surface area (Å²) in [5.74, 6) is -52.3. The van der Waals surface area contributed by atoms with Gasteiger partial charge in [-0.1, -0.05) is 23.2 Å². The Kier molecular flexibility index (Phi) is 11.8. The number of hydrogen-bond donors (Lipinski definition) is 3. The Morgan fingerprint density at radius 1 is 0.398 bits per heavy atom. The molecule has 0 aromatic heterocycles. The molecular formula is C53H12Cl2F16N4O8. The summed E-state index contributed by atoms with van der Waals surface area (Å²) in [6, 6.07) is 1.44. The fraction of sp³-hybridized carbons (Fsp3) is 0.0377. The summed E-state index contributed by atoms with van der Waals surface area (Å²) < 4.78 is 239. The van der Waals surface area contributed by atoms with Crippen LogP contribution in [0, 0.1) is 93.1 Å². The monoisotopic (exact) mass is 1210 g/mol. The van der Waals surface area contributed by atoms with E-state index in [4.69, 9.17) is 23.2 Å². The van der Waals surface area contributed by atoms with E-state index in [9.17, 15) is 82.6 Å². The number of allylic oxidation sites excluding steroid dienone is 3. The van der Waals surface area contributed by atoms with Gasteiger partial charge >= 0.3 is 0 Å². The van der Waals surface area contributed by atoms with Crippen molar-refractivity contribution in [3.8, 4) is 0 Å². The molecule has 30 heteroatoms. The summed E-state index contributed by atoms with van der Waals surface area (Å²) >= 11 is 13.5. The van der Waals surface area contributed by atoms with Gasteiger partial charge in [0, 0.05) is 28.8 Å². The molecule has 3 N–H and O–H groups in total. The van der Waals surface area contributed by atoms with Crippen molar-refractivity contribution < 1.29 is 109 Å². The average Bonchev–Trinajstić information content (AvgIpc) is 2.58. The first-order valence-corrected chi connectivity index (χ1v) is 23.4.